The van der Waals surface area contributed by atoms with Gasteiger partial charge in [-0.05, 0) is 74.1 Å². The van der Waals surface area contributed by atoms with Crippen LogP contribution in [0.15, 0.2) is 65.3 Å². The van der Waals surface area contributed by atoms with E-state index in [1.54, 1.807) is 36.4 Å². The van der Waals surface area contributed by atoms with Crippen molar-refractivity contribution in [2.45, 2.75) is 52.1 Å². The maximum absolute atomic E-state index is 13.5. The fourth-order valence-electron chi connectivity index (χ4n) is 5.82. The number of imide groups is 1. The number of fused-ring (bicyclic) bond motifs is 1. The number of nitrogens with zero attached hydrogens (tertiary/aromatic N) is 1. The topological polar surface area (TPSA) is 98.1 Å². The number of hydrogen-bond acceptors (Lipinski definition) is 5. The van der Waals surface area contributed by atoms with Crippen molar-refractivity contribution in [1.82, 2.24) is 0 Å². The van der Waals surface area contributed by atoms with Gasteiger partial charge >= 0.3 is 0 Å². The Morgan fingerprint density at radius 3 is 2.54 bits per heavy atom. The predicted molar refractivity (Wildman–Crippen MR) is 145 cm³/mol. The molecule has 1 heterocycles. The Kier molecular flexibility index (Phi) is 8.53. The molecule has 0 unspecified atom stereocenters. The largest absolute Gasteiger partial charge is 0.508 e. The van der Waals surface area contributed by atoms with Crippen LogP contribution in [0.2, 0.25) is 5.02 Å². The second kappa shape index (κ2) is 11.6. The molecule has 3 N–H and O–H groups in total. The summed E-state index contributed by atoms with van der Waals surface area (Å²) >= 11 is 6.23. The molecule has 7 heteroatoms. The van der Waals surface area contributed by atoms with Crippen LogP contribution in [-0.2, 0) is 9.59 Å². The minimum atomic E-state index is -0.841. The first-order valence-electron chi connectivity index (χ1n) is 12.9. The van der Waals surface area contributed by atoms with E-state index >= 15 is 0 Å². The number of halogens is 1. The van der Waals surface area contributed by atoms with Gasteiger partial charge in [0, 0.05) is 5.92 Å². The van der Waals surface area contributed by atoms with Gasteiger partial charge in [-0.25, -0.2) is 0 Å². The maximum atomic E-state index is 13.5. The van der Waals surface area contributed by atoms with Crippen molar-refractivity contribution in [1.29, 1.82) is 0 Å². The van der Waals surface area contributed by atoms with Gasteiger partial charge in [0.1, 0.15) is 5.75 Å². The lowest BCUT2D eigenvalue weighted by Crippen LogP contribution is -2.39. The minimum absolute atomic E-state index is 0.0991. The molecular weight excluding hydrogens is 490 g/mol. The zero-order valence-corrected chi connectivity index (χ0v) is 22.0. The number of aliphatic hydroxyl groups excluding tert-OH is 2. The third-order valence-corrected chi connectivity index (χ3v) is 7.83. The highest BCUT2D eigenvalue weighted by Gasteiger charge is 2.55. The standard InChI is InChI=1S/C30H34ClNO5/c1-3-7-20-15-23-28(30(37)32(29(23)36)21-8-5-4-6-9-21)24(17-33)27(20)26(35)13-10-18(2)14-19-11-12-22(34)16-25(19)31/h4-6,8-9,11-12,14,16,23-24,26,28,33-35H,3,7,10,13,15,17H2,1-2H3/b18-14+/t23-,24+,26-,28-/m1/s1. The van der Waals surface area contributed by atoms with Crippen LogP contribution >= 0.6 is 11.6 Å². The average Bonchev–Trinajstić information content (AvgIpc) is 3.13. The SMILES string of the molecule is CCCC1=C([C@H](O)CC/C(C)=C/c2ccc(O)cc2Cl)[C@H](CO)[C@@H]2C(=O)N(c3ccccc3)C(=O)[C@@H]2C1. The van der Waals surface area contributed by atoms with E-state index in [1.165, 1.54) is 11.0 Å². The van der Waals surface area contributed by atoms with Crippen molar-refractivity contribution < 1.29 is 24.9 Å². The Hall–Kier alpha value is -2.93. The molecule has 2 aliphatic rings. The van der Waals surface area contributed by atoms with Crippen molar-refractivity contribution in [3.05, 3.63) is 75.8 Å². The number of allylic oxidation sites excluding steroid dienone is 2. The highest BCUT2D eigenvalue weighted by atomic mass is 35.5. The van der Waals surface area contributed by atoms with Crippen molar-refractivity contribution >= 4 is 35.2 Å². The van der Waals surface area contributed by atoms with Gasteiger partial charge in [-0.3, -0.25) is 14.5 Å². The summed E-state index contributed by atoms with van der Waals surface area (Å²) in [5.41, 5.74) is 4.02. The van der Waals surface area contributed by atoms with Gasteiger partial charge in [-0.15, -0.1) is 0 Å². The minimum Gasteiger partial charge on any atom is -0.508 e. The monoisotopic (exact) mass is 523 g/mol. The van der Waals surface area contributed by atoms with E-state index in [9.17, 15) is 24.9 Å². The van der Waals surface area contributed by atoms with Crippen molar-refractivity contribution in [3.8, 4) is 5.75 Å². The Bertz CT molecular complexity index is 1220. The lowest BCUT2D eigenvalue weighted by Gasteiger charge is -2.36. The molecule has 4 atom stereocenters. The number of hydrogen-bond donors (Lipinski definition) is 3. The zero-order valence-electron chi connectivity index (χ0n) is 21.2. The summed E-state index contributed by atoms with van der Waals surface area (Å²) in [6.45, 7) is 3.69. The van der Waals surface area contributed by atoms with E-state index in [2.05, 4.69) is 0 Å². The number of phenols is 1. The molecule has 1 fully saturated rings. The Morgan fingerprint density at radius 1 is 1.16 bits per heavy atom. The van der Waals surface area contributed by atoms with Gasteiger partial charge in [0.2, 0.25) is 11.8 Å². The summed E-state index contributed by atoms with van der Waals surface area (Å²) in [5.74, 6) is -2.25. The Morgan fingerprint density at radius 2 is 1.89 bits per heavy atom. The smallest absolute Gasteiger partial charge is 0.238 e. The first-order chi connectivity index (χ1) is 17.8. The highest BCUT2D eigenvalue weighted by molar-refractivity contribution is 6.32. The number of carbonyl (C=O) groups excluding carboxylic acids is 2. The molecule has 1 saturated heterocycles. The van der Waals surface area contributed by atoms with Crippen LogP contribution < -0.4 is 4.90 Å². The average molecular weight is 524 g/mol. The number of anilines is 1. The number of rotatable bonds is 9. The van der Waals surface area contributed by atoms with Crippen LogP contribution in [0.1, 0.15) is 51.5 Å². The first kappa shape index (κ1) is 27.1. The second-order valence-electron chi connectivity index (χ2n) is 10.0. The zero-order chi connectivity index (χ0) is 26.7. The van der Waals surface area contributed by atoms with Gasteiger partial charge in [0.05, 0.1) is 35.3 Å². The number of para-hydroxylation sites is 1. The van der Waals surface area contributed by atoms with E-state index < -0.39 is 23.9 Å². The normalized spacial score (nSPS) is 23.0. The van der Waals surface area contributed by atoms with Crippen LogP contribution in [0.25, 0.3) is 6.08 Å². The quantitative estimate of drug-likeness (QED) is 0.297. The van der Waals surface area contributed by atoms with Gasteiger partial charge in [0.25, 0.3) is 0 Å². The van der Waals surface area contributed by atoms with Crippen LogP contribution in [0, 0.1) is 17.8 Å². The third kappa shape index (κ3) is 5.52. The number of carbonyl (C=O) groups is 2. The van der Waals surface area contributed by atoms with Gasteiger partial charge in [-0.2, -0.15) is 0 Å². The van der Waals surface area contributed by atoms with Crippen LogP contribution in [0.3, 0.4) is 0 Å². The number of phenolic OH excluding ortho intramolecular Hbond substituents is 1. The maximum Gasteiger partial charge on any atom is 0.238 e. The molecule has 0 radical (unpaired) electrons. The molecule has 6 nitrogen and oxygen atoms in total. The molecule has 0 saturated carbocycles. The molecule has 0 aromatic heterocycles. The fraction of sp³-hybridized carbons (Fsp3) is 0.400. The van der Waals surface area contributed by atoms with E-state index in [4.69, 9.17) is 11.6 Å². The van der Waals surface area contributed by atoms with Crippen molar-refractivity contribution in [2.75, 3.05) is 11.5 Å². The lowest BCUT2D eigenvalue weighted by molar-refractivity contribution is -0.123. The van der Waals surface area contributed by atoms with Gasteiger partial charge in [-0.1, -0.05) is 60.4 Å². The fourth-order valence-corrected chi connectivity index (χ4v) is 6.05. The van der Waals surface area contributed by atoms with Crippen LogP contribution in [0.5, 0.6) is 5.75 Å². The molecule has 0 bridgehead atoms. The lowest BCUT2D eigenvalue weighted by atomic mass is 9.67. The Balaban J connectivity index is 1.58. The van der Waals surface area contributed by atoms with E-state index in [1.807, 2.05) is 26.0 Å². The molecule has 2 amide bonds. The molecule has 4 rings (SSSR count). The molecule has 2 aromatic carbocycles. The first-order valence-corrected chi connectivity index (χ1v) is 13.2. The number of amides is 2. The molecule has 196 valence electrons. The molecular formula is C30H34ClNO5. The van der Waals surface area contributed by atoms with E-state index in [-0.39, 0.29) is 24.2 Å². The molecule has 1 aliphatic heterocycles. The molecule has 37 heavy (non-hydrogen) atoms. The van der Waals surface area contributed by atoms with Crippen molar-refractivity contribution in [2.24, 2.45) is 17.8 Å². The molecule has 0 spiro atoms. The summed E-state index contributed by atoms with van der Waals surface area (Å²) in [5, 5.41) is 31.8. The van der Waals surface area contributed by atoms with Crippen LogP contribution in [-0.4, -0.2) is 39.8 Å². The summed E-state index contributed by atoms with van der Waals surface area (Å²) in [6, 6.07) is 13.7. The van der Waals surface area contributed by atoms with E-state index in [0.29, 0.717) is 36.4 Å². The van der Waals surface area contributed by atoms with Gasteiger partial charge in [0.15, 0.2) is 0 Å². The summed E-state index contributed by atoms with van der Waals surface area (Å²) in [6.07, 6.45) is 4.04. The Labute approximate surface area is 222 Å². The highest BCUT2D eigenvalue weighted by Crippen LogP contribution is 2.48. The van der Waals surface area contributed by atoms with Crippen molar-refractivity contribution in [3.63, 3.8) is 0 Å². The second-order valence-corrected chi connectivity index (χ2v) is 10.4. The van der Waals surface area contributed by atoms with E-state index in [0.717, 1.165) is 28.7 Å². The number of aromatic hydroxyl groups is 1. The third-order valence-electron chi connectivity index (χ3n) is 7.50. The molecule has 2 aromatic rings. The predicted octanol–water partition coefficient (Wildman–Crippen LogP) is 5.50. The number of benzene rings is 2. The molecule has 1 aliphatic carbocycles. The number of aliphatic hydroxyl groups is 2. The summed E-state index contributed by atoms with van der Waals surface area (Å²) in [4.78, 5) is 28.2. The summed E-state index contributed by atoms with van der Waals surface area (Å²) in [7, 11) is 0. The van der Waals surface area contributed by atoms with Crippen LogP contribution in [0.4, 0.5) is 5.69 Å². The summed E-state index contributed by atoms with van der Waals surface area (Å²) < 4.78 is 0. The van der Waals surface area contributed by atoms with Gasteiger partial charge < -0.3 is 15.3 Å².